The lowest BCUT2D eigenvalue weighted by molar-refractivity contribution is 0.0449. The summed E-state index contributed by atoms with van der Waals surface area (Å²) in [5.74, 6) is -1.38. The first kappa shape index (κ1) is 44.0. The fourth-order valence-electron chi connectivity index (χ4n) is 4.38. The van der Waals surface area contributed by atoms with Crippen LogP contribution in [0.3, 0.4) is 0 Å². The minimum atomic E-state index is -0.369. The van der Waals surface area contributed by atoms with E-state index < -0.39 is 0 Å². The third kappa shape index (κ3) is 17.8. The lowest BCUT2D eigenvalue weighted by atomic mass is 9.93. The molecule has 0 aliphatic heterocycles. The SMILES string of the molecule is CC(C)(C)CCOC(=O)c1ccc(C(=O)OCCC(C)(C)C)cc1.CC(C)(C)CCOC(=O)c1ccc2cc(C(=O)OCCC(C)(C)C)ccc2c1. The Bertz CT molecular complexity index is 1500. The first-order valence-corrected chi connectivity index (χ1v) is 18.2. The Balaban J connectivity index is 0.000000365. The number of hydrogen-bond acceptors (Lipinski definition) is 8. The maximum Gasteiger partial charge on any atom is 0.338 e. The van der Waals surface area contributed by atoms with Gasteiger partial charge in [0.05, 0.1) is 48.7 Å². The van der Waals surface area contributed by atoms with Gasteiger partial charge in [-0.25, -0.2) is 19.2 Å². The molecule has 8 nitrogen and oxygen atoms in total. The van der Waals surface area contributed by atoms with Crippen LogP contribution in [0.15, 0.2) is 60.7 Å². The van der Waals surface area contributed by atoms with Crippen molar-refractivity contribution in [2.75, 3.05) is 26.4 Å². The third-order valence-corrected chi connectivity index (χ3v) is 8.01. The minimum absolute atomic E-state index is 0.126. The predicted molar refractivity (Wildman–Crippen MR) is 208 cm³/mol. The molecule has 0 atom stereocenters. The fraction of sp³-hybridized carbons (Fsp3) is 0.545. The smallest absolute Gasteiger partial charge is 0.338 e. The van der Waals surface area contributed by atoms with Gasteiger partial charge < -0.3 is 18.9 Å². The zero-order chi connectivity index (χ0) is 39.3. The summed E-state index contributed by atoms with van der Waals surface area (Å²) in [6.07, 6.45) is 3.23. The van der Waals surface area contributed by atoms with Gasteiger partial charge in [-0.1, -0.05) is 95.2 Å². The van der Waals surface area contributed by atoms with E-state index in [0.717, 1.165) is 36.5 Å². The highest BCUT2D eigenvalue weighted by Crippen LogP contribution is 2.23. The lowest BCUT2D eigenvalue weighted by Crippen LogP contribution is -2.14. The van der Waals surface area contributed by atoms with Crippen LogP contribution in [0, 0.1) is 21.7 Å². The Morgan fingerprint density at radius 2 is 0.577 bits per heavy atom. The average Bonchev–Trinajstić information content (AvgIpc) is 3.02. The number of carbonyl (C=O) groups is 4. The third-order valence-electron chi connectivity index (χ3n) is 8.01. The molecule has 0 N–H and O–H groups in total. The van der Waals surface area contributed by atoms with Gasteiger partial charge in [0.15, 0.2) is 0 Å². The molecule has 0 spiro atoms. The molecular formula is C44H62O8. The van der Waals surface area contributed by atoms with Crippen molar-refractivity contribution < 1.29 is 38.1 Å². The largest absolute Gasteiger partial charge is 0.462 e. The van der Waals surface area contributed by atoms with Gasteiger partial charge in [-0.3, -0.25) is 0 Å². The first-order chi connectivity index (χ1) is 23.9. The number of ether oxygens (including phenoxy) is 4. The predicted octanol–water partition coefficient (Wildman–Crippen LogP) is 10.9. The number of carbonyl (C=O) groups excluding carboxylic acids is 4. The summed E-state index contributed by atoms with van der Waals surface area (Å²) >= 11 is 0. The molecule has 52 heavy (non-hydrogen) atoms. The molecule has 0 heterocycles. The molecule has 0 aromatic heterocycles. The van der Waals surface area contributed by atoms with Crippen LogP contribution >= 0.6 is 0 Å². The van der Waals surface area contributed by atoms with Gasteiger partial charge in [0.1, 0.15) is 0 Å². The number of esters is 4. The van der Waals surface area contributed by atoms with Crippen molar-refractivity contribution >= 4 is 34.6 Å². The monoisotopic (exact) mass is 718 g/mol. The second kappa shape index (κ2) is 19.0. The Labute approximate surface area is 311 Å². The van der Waals surface area contributed by atoms with Gasteiger partial charge in [-0.15, -0.1) is 0 Å². The van der Waals surface area contributed by atoms with E-state index in [1.807, 2.05) is 12.1 Å². The Kier molecular flexibility index (Phi) is 16.1. The molecule has 3 aromatic rings. The second-order valence-electron chi connectivity index (χ2n) is 18.1. The zero-order valence-corrected chi connectivity index (χ0v) is 33.7. The molecule has 286 valence electrons. The van der Waals surface area contributed by atoms with Gasteiger partial charge >= 0.3 is 23.9 Å². The standard InChI is InChI=1S/C24H32O4.C20H30O4/c1-23(2,3)11-13-27-21(25)19-9-7-18-16-20(10-8-17(18)15-19)22(26)28-14-12-24(4,5)6;1-19(2,3)11-13-23-17(21)15-7-9-16(10-8-15)18(22)24-14-12-20(4,5)6/h7-10,15-16H,11-14H2,1-6H3;7-10H,11-14H2,1-6H3. The summed E-state index contributed by atoms with van der Waals surface area (Å²) in [5.41, 5.74) is 2.42. The van der Waals surface area contributed by atoms with E-state index in [9.17, 15) is 19.2 Å². The molecule has 0 amide bonds. The van der Waals surface area contributed by atoms with Crippen molar-refractivity contribution in [3.8, 4) is 0 Å². The number of rotatable bonds is 12. The molecule has 8 heteroatoms. The number of fused-ring (bicyclic) bond motifs is 1. The summed E-state index contributed by atoms with van der Waals surface area (Å²) in [6.45, 7) is 26.9. The lowest BCUT2D eigenvalue weighted by Gasteiger charge is -2.17. The van der Waals surface area contributed by atoms with Crippen molar-refractivity contribution in [3.05, 3.63) is 82.9 Å². The number of hydrogen-bond donors (Lipinski definition) is 0. The van der Waals surface area contributed by atoms with Gasteiger partial charge in [-0.05, 0) is 107 Å². The second-order valence-corrected chi connectivity index (χ2v) is 18.1. The van der Waals surface area contributed by atoms with Crippen molar-refractivity contribution in [2.45, 2.75) is 109 Å². The normalized spacial score (nSPS) is 12.0. The van der Waals surface area contributed by atoms with E-state index in [4.69, 9.17) is 18.9 Å². The van der Waals surface area contributed by atoms with Crippen LogP contribution in [0.25, 0.3) is 10.8 Å². The minimum Gasteiger partial charge on any atom is -0.462 e. The quantitative estimate of drug-likeness (QED) is 0.135. The molecule has 0 unspecified atom stereocenters. The highest BCUT2D eigenvalue weighted by Gasteiger charge is 2.17. The van der Waals surface area contributed by atoms with Crippen LogP contribution in [0.5, 0.6) is 0 Å². The van der Waals surface area contributed by atoms with Gasteiger partial charge in [0.2, 0.25) is 0 Å². The van der Waals surface area contributed by atoms with Crippen molar-refractivity contribution in [2.24, 2.45) is 21.7 Å². The number of benzene rings is 3. The molecule has 0 saturated heterocycles. The summed E-state index contributed by atoms with van der Waals surface area (Å²) in [6, 6.07) is 17.1. The summed E-state index contributed by atoms with van der Waals surface area (Å²) < 4.78 is 21.3. The Hall–Kier alpha value is -4.20. The van der Waals surface area contributed by atoms with Crippen LogP contribution < -0.4 is 0 Å². The van der Waals surface area contributed by atoms with Crippen molar-refractivity contribution in [1.82, 2.24) is 0 Å². The molecule has 0 bridgehead atoms. The molecule has 3 rings (SSSR count). The maximum atomic E-state index is 12.3. The first-order valence-electron chi connectivity index (χ1n) is 18.2. The van der Waals surface area contributed by atoms with Gasteiger partial charge in [-0.2, -0.15) is 0 Å². The molecule has 0 saturated carbocycles. The van der Waals surface area contributed by atoms with Gasteiger partial charge in [0, 0.05) is 0 Å². The van der Waals surface area contributed by atoms with Gasteiger partial charge in [0.25, 0.3) is 0 Å². The highest BCUT2D eigenvalue weighted by atomic mass is 16.5. The van der Waals surface area contributed by atoms with Crippen LogP contribution in [0.4, 0.5) is 0 Å². The van der Waals surface area contributed by atoms with E-state index >= 15 is 0 Å². The summed E-state index contributed by atoms with van der Waals surface area (Å²) in [7, 11) is 0. The van der Waals surface area contributed by atoms with E-state index in [1.165, 1.54) is 0 Å². The molecule has 3 aromatic carbocycles. The Morgan fingerprint density at radius 3 is 0.808 bits per heavy atom. The molecular weight excluding hydrogens is 656 g/mol. The molecule has 0 fully saturated rings. The molecule has 0 aliphatic rings. The van der Waals surface area contributed by atoms with Crippen LogP contribution in [0.1, 0.15) is 150 Å². The van der Waals surface area contributed by atoms with E-state index in [-0.39, 0.29) is 45.5 Å². The summed E-state index contributed by atoms with van der Waals surface area (Å²) in [5, 5.41) is 1.77. The molecule has 0 aliphatic carbocycles. The topological polar surface area (TPSA) is 105 Å². The Morgan fingerprint density at radius 1 is 0.365 bits per heavy atom. The van der Waals surface area contributed by atoms with Crippen molar-refractivity contribution in [1.29, 1.82) is 0 Å². The van der Waals surface area contributed by atoms with Crippen LogP contribution in [-0.4, -0.2) is 50.3 Å². The van der Waals surface area contributed by atoms with Crippen LogP contribution in [0.2, 0.25) is 0 Å². The zero-order valence-electron chi connectivity index (χ0n) is 33.7. The maximum absolute atomic E-state index is 12.3. The van der Waals surface area contributed by atoms with Crippen LogP contribution in [-0.2, 0) is 18.9 Å². The highest BCUT2D eigenvalue weighted by molar-refractivity contribution is 5.99. The fourth-order valence-corrected chi connectivity index (χ4v) is 4.38. The molecule has 0 radical (unpaired) electrons. The average molecular weight is 719 g/mol. The van der Waals surface area contributed by atoms with Crippen molar-refractivity contribution in [3.63, 3.8) is 0 Å². The summed E-state index contributed by atoms with van der Waals surface area (Å²) in [4.78, 5) is 48.4. The van der Waals surface area contributed by atoms with E-state index in [1.54, 1.807) is 48.5 Å². The van der Waals surface area contributed by atoms with E-state index in [2.05, 4.69) is 83.1 Å². The van der Waals surface area contributed by atoms with E-state index in [0.29, 0.717) is 48.7 Å².